The molecule has 156 valence electrons. The number of amides is 1. The van der Waals surface area contributed by atoms with Crippen molar-refractivity contribution >= 4 is 29.1 Å². The maximum Gasteiger partial charge on any atom is 0.417 e. The number of aromatic nitrogens is 1. The van der Waals surface area contributed by atoms with Crippen molar-refractivity contribution in [3.63, 3.8) is 0 Å². The number of rotatable bonds is 4. The van der Waals surface area contributed by atoms with Crippen LogP contribution in [-0.2, 0) is 6.18 Å². The standard InChI is InChI=1S/C19H17Cl2F3N2O3/c20-11-3-1-2-10(8-11)16(18(29)6-4-12(27)9-18)26-17(28)15-14(21)13(5-7-25-15)19(22,23)24/h1-3,5,7-8,12,16,27,29H,4,6,9H2,(H,26,28). The Balaban J connectivity index is 1.98. The van der Waals surface area contributed by atoms with Gasteiger partial charge >= 0.3 is 6.18 Å². The van der Waals surface area contributed by atoms with Gasteiger partial charge in [0.1, 0.15) is 5.69 Å². The number of hydrogen-bond acceptors (Lipinski definition) is 4. The summed E-state index contributed by atoms with van der Waals surface area (Å²) >= 11 is 11.8. The van der Waals surface area contributed by atoms with Gasteiger partial charge in [-0.3, -0.25) is 4.79 Å². The van der Waals surface area contributed by atoms with Gasteiger partial charge in [0.2, 0.25) is 0 Å². The molecule has 1 aliphatic rings. The van der Waals surface area contributed by atoms with Crippen LogP contribution in [0.3, 0.4) is 0 Å². The lowest BCUT2D eigenvalue weighted by molar-refractivity contribution is -0.137. The van der Waals surface area contributed by atoms with Gasteiger partial charge in [0, 0.05) is 17.6 Å². The van der Waals surface area contributed by atoms with E-state index in [2.05, 4.69) is 10.3 Å². The molecule has 0 radical (unpaired) electrons. The Bertz CT molecular complexity index is 926. The molecule has 2 aromatic rings. The quantitative estimate of drug-likeness (QED) is 0.655. The molecular weight excluding hydrogens is 432 g/mol. The molecule has 29 heavy (non-hydrogen) atoms. The molecule has 3 unspecified atom stereocenters. The molecule has 1 saturated carbocycles. The van der Waals surface area contributed by atoms with E-state index in [1.54, 1.807) is 18.2 Å². The van der Waals surface area contributed by atoms with E-state index in [0.29, 0.717) is 23.1 Å². The van der Waals surface area contributed by atoms with Crippen LogP contribution in [0.1, 0.15) is 46.9 Å². The second-order valence-electron chi connectivity index (χ2n) is 6.98. The van der Waals surface area contributed by atoms with Gasteiger partial charge in [-0.15, -0.1) is 0 Å². The predicted octanol–water partition coefficient (Wildman–Crippen LogP) is 4.15. The summed E-state index contributed by atoms with van der Waals surface area (Å²) in [5.41, 5.74) is -2.89. The topological polar surface area (TPSA) is 82.5 Å². The highest BCUT2D eigenvalue weighted by Crippen LogP contribution is 2.41. The smallest absolute Gasteiger partial charge is 0.393 e. The third kappa shape index (κ3) is 4.66. The summed E-state index contributed by atoms with van der Waals surface area (Å²) < 4.78 is 39.3. The Morgan fingerprint density at radius 2 is 2.03 bits per heavy atom. The van der Waals surface area contributed by atoms with Crippen LogP contribution in [0.5, 0.6) is 0 Å². The third-order valence-electron chi connectivity index (χ3n) is 4.90. The lowest BCUT2D eigenvalue weighted by atomic mass is 9.86. The molecule has 0 saturated heterocycles. The first kappa shape index (κ1) is 21.8. The zero-order valence-corrected chi connectivity index (χ0v) is 16.4. The molecule has 1 aliphatic carbocycles. The number of nitrogens with one attached hydrogen (secondary N) is 1. The van der Waals surface area contributed by atoms with Gasteiger partial charge < -0.3 is 15.5 Å². The number of carbonyl (C=O) groups is 1. The van der Waals surface area contributed by atoms with E-state index in [-0.39, 0.29) is 12.8 Å². The average Bonchev–Trinajstić information content (AvgIpc) is 2.98. The van der Waals surface area contributed by atoms with Gasteiger partial charge in [-0.05, 0) is 36.6 Å². The molecule has 3 rings (SSSR count). The second kappa shape index (κ2) is 8.10. The fourth-order valence-corrected chi connectivity index (χ4v) is 4.03. The minimum absolute atomic E-state index is 0.0196. The fourth-order valence-electron chi connectivity index (χ4n) is 3.53. The van der Waals surface area contributed by atoms with E-state index in [1.807, 2.05) is 0 Å². The number of benzene rings is 1. The molecule has 3 atom stereocenters. The third-order valence-corrected chi connectivity index (χ3v) is 5.52. The highest BCUT2D eigenvalue weighted by atomic mass is 35.5. The fraction of sp³-hybridized carbons (Fsp3) is 0.368. The van der Waals surface area contributed by atoms with Crippen LogP contribution in [0.2, 0.25) is 10.0 Å². The first-order valence-electron chi connectivity index (χ1n) is 8.70. The van der Waals surface area contributed by atoms with Gasteiger partial charge in [0.25, 0.3) is 5.91 Å². The molecule has 5 nitrogen and oxygen atoms in total. The monoisotopic (exact) mass is 448 g/mol. The maximum atomic E-state index is 13.1. The van der Waals surface area contributed by atoms with E-state index in [0.717, 1.165) is 6.20 Å². The van der Waals surface area contributed by atoms with Crippen molar-refractivity contribution in [1.29, 1.82) is 0 Å². The highest BCUT2D eigenvalue weighted by Gasteiger charge is 2.45. The van der Waals surface area contributed by atoms with Crippen LogP contribution >= 0.6 is 23.2 Å². The van der Waals surface area contributed by atoms with Crippen molar-refractivity contribution in [2.45, 2.75) is 43.2 Å². The Kier molecular flexibility index (Phi) is 6.10. The summed E-state index contributed by atoms with van der Waals surface area (Å²) in [5.74, 6) is -0.985. The SMILES string of the molecule is O=C(NC(c1cccc(Cl)c1)C1(O)CCC(O)C1)c1nccc(C(F)(F)F)c1Cl. The second-order valence-corrected chi connectivity index (χ2v) is 7.79. The average molecular weight is 449 g/mol. The molecule has 1 aromatic heterocycles. The zero-order valence-electron chi connectivity index (χ0n) is 14.9. The van der Waals surface area contributed by atoms with Crippen LogP contribution in [0.4, 0.5) is 13.2 Å². The van der Waals surface area contributed by atoms with Crippen LogP contribution < -0.4 is 5.32 Å². The van der Waals surface area contributed by atoms with Crippen molar-refractivity contribution in [2.75, 3.05) is 0 Å². The van der Waals surface area contributed by atoms with Gasteiger partial charge in [-0.2, -0.15) is 13.2 Å². The number of hydrogen-bond donors (Lipinski definition) is 3. The van der Waals surface area contributed by atoms with Crippen LogP contribution in [-0.4, -0.2) is 32.8 Å². The van der Waals surface area contributed by atoms with Crippen LogP contribution in [0, 0.1) is 0 Å². The predicted molar refractivity (Wildman–Crippen MR) is 101 cm³/mol. The van der Waals surface area contributed by atoms with E-state index in [4.69, 9.17) is 23.2 Å². The van der Waals surface area contributed by atoms with Gasteiger partial charge in [-0.1, -0.05) is 35.3 Å². The Morgan fingerprint density at radius 3 is 2.62 bits per heavy atom. The Labute approximate surface area is 174 Å². The number of nitrogens with zero attached hydrogens (tertiary/aromatic N) is 1. The molecular formula is C19H17Cl2F3N2O3. The molecule has 1 fully saturated rings. The number of halogens is 5. The number of pyridine rings is 1. The number of carbonyl (C=O) groups excluding carboxylic acids is 1. The Morgan fingerprint density at radius 1 is 1.31 bits per heavy atom. The molecule has 0 bridgehead atoms. The largest absolute Gasteiger partial charge is 0.417 e. The van der Waals surface area contributed by atoms with Crippen molar-refractivity contribution in [2.24, 2.45) is 0 Å². The van der Waals surface area contributed by atoms with E-state index >= 15 is 0 Å². The summed E-state index contributed by atoms with van der Waals surface area (Å²) in [4.78, 5) is 16.4. The first-order valence-corrected chi connectivity index (χ1v) is 9.45. The summed E-state index contributed by atoms with van der Waals surface area (Å²) in [5, 5.41) is 23.0. The van der Waals surface area contributed by atoms with Crippen molar-refractivity contribution in [3.05, 3.63) is 63.4 Å². The number of alkyl halides is 3. The van der Waals surface area contributed by atoms with Gasteiger partial charge in [-0.25, -0.2) is 4.98 Å². The highest BCUT2D eigenvalue weighted by molar-refractivity contribution is 6.34. The molecule has 3 N–H and O–H groups in total. The van der Waals surface area contributed by atoms with E-state index in [9.17, 15) is 28.2 Å². The van der Waals surface area contributed by atoms with Crippen LogP contribution in [0.15, 0.2) is 36.5 Å². The lowest BCUT2D eigenvalue weighted by Gasteiger charge is -2.34. The summed E-state index contributed by atoms with van der Waals surface area (Å²) in [7, 11) is 0. The molecule has 1 aromatic carbocycles. The van der Waals surface area contributed by atoms with Gasteiger partial charge in [0.05, 0.1) is 28.3 Å². The van der Waals surface area contributed by atoms with Crippen molar-refractivity contribution in [3.8, 4) is 0 Å². The molecule has 0 aliphatic heterocycles. The van der Waals surface area contributed by atoms with Crippen molar-refractivity contribution in [1.82, 2.24) is 10.3 Å². The summed E-state index contributed by atoms with van der Waals surface area (Å²) in [6, 6.07) is 5.98. The normalized spacial score (nSPS) is 23.1. The molecule has 1 amide bonds. The summed E-state index contributed by atoms with van der Waals surface area (Å²) in [6.45, 7) is 0. The number of aliphatic hydroxyl groups is 2. The lowest BCUT2D eigenvalue weighted by Crippen LogP contribution is -2.45. The van der Waals surface area contributed by atoms with Crippen LogP contribution in [0.25, 0.3) is 0 Å². The molecule has 0 spiro atoms. The van der Waals surface area contributed by atoms with Gasteiger partial charge in [0.15, 0.2) is 0 Å². The Hall–Kier alpha value is -1.87. The number of aliphatic hydroxyl groups excluding tert-OH is 1. The van der Waals surface area contributed by atoms with E-state index < -0.39 is 46.1 Å². The maximum absolute atomic E-state index is 13.1. The summed E-state index contributed by atoms with van der Waals surface area (Å²) in [6.07, 6.45) is -4.22. The van der Waals surface area contributed by atoms with Crippen molar-refractivity contribution < 1.29 is 28.2 Å². The molecule has 10 heteroatoms. The molecule has 1 heterocycles. The van der Waals surface area contributed by atoms with E-state index in [1.165, 1.54) is 6.07 Å². The zero-order chi connectivity index (χ0) is 21.4. The minimum atomic E-state index is -4.75. The first-order chi connectivity index (χ1) is 13.5. The minimum Gasteiger partial charge on any atom is -0.393 e.